The number of thiol groups is 1. The summed E-state index contributed by atoms with van der Waals surface area (Å²) in [4.78, 5) is 12.7. The molecule has 0 saturated heterocycles. The monoisotopic (exact) mass is 290 g/mol. The van der Waals surface area contributed by atoms with Gasteiger partial charge in [-0.2, -0.15) is 17.6 Å². The fourth-order valence-corrected chi connectivity index (χ4v) is 1.27. The van der Waals surface area contributed by atoms with Crippen LogP contribution in [-0.2, 0) is 15.3 Å². The second-order valence-corrected chi connectivity index (χ2v) is 4.14. The Morgan fingerprint density at radius 2 is 2.00 bits per heavy atom. The lowest BCUT2D eigenvalue weighted by molar-refractivity contribution is -0.146. The Kier molecular flexibility index (Phi) is 10.9. The first-order valence-corrected chi connectivity index (χ1v) is 6.54. The van der Waals surface area contributed by atoms with Crippen LogP contribution in [0.3, 0.4) is 0 Å². The van der Waals surface area contributed by atoms with Crippen LogP contribution in [-0.4, -0.2) is 18.6 Å². The van der Waals surface area contributed by atoms with Crippen molar-refractivity contribution in [2.75, 3.05) is 6.54 Å². The van der Waals surface area contributed by atoms with Crippen LogP contribution in [0, 0.1) is 0 Å². The van der Waals surface area contributed by atoms with Crippen LogP contribution in [0.15, 0.2) is 30.3 Å². The van der Waals surface area contributed by atoms with Gasteiger partial charge in [0.1, 0.15) is 6.54 Å². The molecule has 0 unspecified atom stereocenters. The Labute approximate surface area is 119 Å². The van der Waals surface area contributed by atoms with Crippen LogP contribution in [0.2, 0.25) is 0 Å². The minimum atomic E-state index is -0.330. The maximum Gasteiger partial charge on any atom is 0.321 e. The van der Waals surface area contributed by atoms with E-state index in [-0.39, 0.29) is 18.6 Å². The first-order chi connectivity index (χ1) is 8.60. The molecule has 0 heterocycles. The lowest BCUT2D eigenvalue weighted by Gasteiger charge is -2.06. The Hall–Kier alpha value is -0.750. The molecule has 6 heteroatoms. The second-order valence-electron chi connectivity index (χ2n) is 3.63. The molecule has 1 aromatic carbocycles. The zero-order valence-electron chi connectivity index (χ0n) is 10.5. The molecule has 0 amide bonds. The molecule has 0 bridgehead atoms. The average molecular weight is 291 g/mol. The highest BCUT2D eigenvalue weighted by Gasteiger charge is 2.02. The largest absolute Gasteiger partial charge is 0.462 e. The fraction of sp³-hybridized carbons (Fsp3) is 0.417. The molecule has 2 N–H and O–H groups in total. The minimum Gasteiger partial charge on any atom is -0.462 e. The van der Waals surface area contributed by atoms with E-state index >= 15 is 0 Å². The van der Waals surface area contributed by atoms with Gasteiger partial charge in [-0.3, -0.25) is 4.79 Å². The van der Waals surface area contributed by atoms with Crippen LogP contribution in [0.4, 0.5) is 0 Å². The molecular weight excluding hydrogens is 272 g/mol. The molecule has 1 aromatic rings. The molecule has 4 nitrogen and oxygen atoms in total. The van der Waals surface area contributed by atoms with E-state index in [2.05, 4.69) is 35.1 Å². The van der Waals surface area contributed by atoms with Crippen molar-refractivity contribution in [3.05, 3.63) is 35.9 Å². The van der Waals surface area contributed by atoms with E-state index < -0.39 is 0 Å². The topological polar surface area (TPSA) is 50.4 Å². The van der Waals surface area contributed by atoms with Crippen LogP contribution < -0.4 is 10.4 Å². The third kappa shape index (κ3) is 10.4. The van der Waals surface area contributed by atoms with Crippen LogP contribution >= 0.6 is 24.4 Å². The summed E-state index contributed by atoms with van der Waals surface area (Å²) in [5.41, 5.74) is 3.67. The van der Waals surface area contributed by atoms with Crippen molar-refractivity contribution in [3.8, 4) is 0 Å². The predicted molar refractivity (Wildman–Crippen MR) is 77.4 cm³/mol. The number of hydrazine groups is 1. The highest BCUT2D eigenvalue weighted by Crippen LogP contribution is 2.00. The summed E-state index contributed by atoms with van der Waals surface area (Å²) < 4.78 is 4.75. The van der Waals surface area contributed by atoms with Gasteiger partial charge in [-0.15, -0.1) is 0 Å². The van der Waals surface area contributed by atoms with Crippen molar-refractivity contribution in [2.24, 2.45) is 0 Å². The fourth-order valence-electron chi connectivity index (χ4n) is 0.994. The molecule has 0 spiro atoms. The molecule has 0 atom stereocenters. The third-order valence-corrected chi connectivity index (χ3v) is 2.19. The molecule has 1 rings (SSSR count). The predicted octanol–water partition coefficient (Wildman–Crippen LogP) is 2.30. The van der Waals surface area contributed by atoms with Crippen molar-refractivity contribution in [2.45, 2.75) is 25.7 Å². The number of hydrogen-bond acceptors (Lipinski definition) is 5. The molecule has 0 aliphatic rings. The van der Waals surface area contributed by atoms with Gasteiger partial charge in [0, 0.05) is 5.75 Å². The molecule has 0 aliphatic heterocycles. The summed E-state index contributed by atoms with van der Waals surface area (Å²) in [6.45, 7) is 3.64. The Bertz CT molecular complexity index is 323. The number of carbonyl (C=O) groups is 1. The zero-order chi connectivity index (χ0) is 13.8. The highest BCUT2D eigenvalue weighted by atomic mass is 35.5. The molecule has 0 radical (unpaired) electrons. The summed E-state index contributed by atoms with van der Waals surface area (Å²) in [7, 11) is 0. The number of nitrogens with one attached hydrogen (secondary N) is 2. The maximum atomic E-state index is 10.6. The van der Waals surface area contributed by atoms with E-state index in [0.717, 1.165) is 5.75 Å². The third-order valence-electron chi connectivity index (χ3n) is 1.69. The van der Waals surface area contributed by atoms with Gasteiger partial charge >= 0.3 is 5.97 Å². The molecule has 0 aromatic heterocycles. The Balaban J connectivity index is 0.000000327. The lowest BCUT2D eigenvalue weighted by Crippen LogP contribution is -2.31. The Morgan fingerprint density at radius 1 is 1.39 bits per heavy atom. The highest BCUT2D eigenvalue weighted by molar-refractivity contribution is 7.79. The summed E-state index contributed by atoms with van der Waals surface area (Å²) >= 11 is 9.12. The first-order valence-electron chi connectivity index (χ1n) is 5.53. The molecule has 0 fully saturated rings. The molecule has 0 aliphatic carbocycles. The van der Waals surface area contributed by atoms with Crippen molar-refractivity contribution in [3.63, 3.8) is 0 Å². The molecule has 102 valence electrons. The van der Waals surface area contributed by atoms with E-state index in [9.17, 15) is 4.79 Å². The van der Waals surface area contributed by atoms with Gasteiger partial charge in [0.2, 0.25) is 0 Å². The number of benzene rings is 1. The number of rotatable bonds is 5. The van der Waals surface area contributed by atoms with Gasteiger partial charge in [0.05, 0.1) is 6.10 Å². The number of carbonyl (C=O) groups excluding carboxylic acids is 1. The van der Waals surface area contributed by atoms with Gasteiger partial charge in [0.15, 0.2) is 0 Å². The van der Waals surface area contributed by atoms with E-state index in [4.69, 9.17) is 16.5 Å². The van der Waals surface area contributed by atoms with E-state index in [1.165, 1.54) is 5.56 Å². The van der Waals surface area contributed by atoms with Gasteiger partial charge in [-0.05, 0) is 31.2 Å². The minimum absolute atomic E-state index is 0.0711. The average Bonchev–Trinajstić information content (AvgIpc) is 2.37. The summed E-state index contributed by atoms with van der Waals surface area (Å²) in [6, 6.07) is 10.2. The number of halogens is 1. The Morgan fingerprint density at radius 3 is 2.39 bits per heavy atom. The van der Waals surface area contributed by atoms with Crippen molar-refractivity contribution in [1.82, 2.24) is 10.4 Å². The lowest BCUT2D eigenvalue weighted by atomic mass is 10.2. The molecule has 18 heavy (non-hydrogen) atoms. The normalized spacial score (nSPS) is 9.61. The van der Waals surface area contributed by atoms with Crippen molar-refractivity contribution >= 4 is 30.4 Å². The molecule has 0 saturated carbocycles. The van der Waals surface area contributed by atoms with E-state index in [1.54, 1.807) is 13.8 Å². The summed E-state index contributed by atoms with van der Waals surface area (Å²) in [6.07, 6.45) is -0.0791. The first kappa shape index (κ1) is 17.2. The van der Waals surface area contributed by atoms with Crippen molar-refractivity contribution < 1.29 is 9.53 Å². The van der Waals surface area contributed by atoms with Gasteiger partial charge < -0.3 is 4.74 Å². The van der Waals surface area contributed by atoms with Crippen LogP contribution in [0.5, 0.6) is 0 Å². The molecular formula is C12H19ClN2O2S. The van der Waals surface area contributed by atoms with E-state index in [1.807, 2.05) is 18.2 Å². The van der Waals surface area contributed by atoms with Gasteiger partial charge in [-0.25, -0.2) is 5.43 Å². The second kappa shape index (κ2) is 11.3. The number of hydrogen-bond donors (Lipinski definition) is 3. The summed E-state index contributed by atoms with van der Waals surface area (Å²) in [5, 5.41) is 0. The smallest absolute Gasteiger partial charge is 0.321 e. The summed E-state index contributed by atoms with van der Waals surface area (Å²) in [5.74, 6) is 0.504. The SMILES string of the molecule is CC(C)OC(=O)CNNCl.SCc1ccccc1. The van der Waals surface area contributed by atoms with Gasteiger partial charge in [0.25, 0.3) is 0 Å². The number of ether oxygens (including phenoxy) is 1. The van der Waals surface area contributed by atoms with E-state index in [0.29, 0.717) is 0 Å². The van der Waals surface area contributed by atoms with Crippen LogP contribution in [0.1, 0.15) is 19.4 Å². The number of esters is 1. The maximum absolute atomic E-state index is 10.6. The van der Waals surface area contributed by atoms with Gasteiger partial charge in [-0.1, -0.05) is 30.3 Å². The van der Waals surface area contributed by atoms with Crippen molar-refractivity contribution in [1.29, 1.82) is 0 Å². The standard InChI is InChI=1S/C7H8S.C5H11ClN2O2/c8-6-7-4-2-1-3-5-7;1-4(2)10-5(9)3-7-8-6/h1-5,8H,6H2;4,7-8H,3H2,1-2H3. The van der Waals surface area contributed by atoms with Crippen LogP contribution in [0.25, 0.3) is 0 Å². The quantitative estimate of drug-likeness (QED) is 0.337. The zero-order valence-corrected chi connectivity index (χ0v) is 12.2.